The van der Waals surface area contributed by atoms with Gasteiger partial charge in [-0.1, -0.05) is 36.4 Å². The standard InChI is InChI=1S/C28H28N6O2/c1-36-20-13-11-18(12-14-20)17-23-33-25-26(21-9-2-3-10-22(21)32-27(25)29)34(23)16-5-4-7-19-8-6-15-31-24(19)28(30)35/h2-3,6,8-15H,4-5,7,16-17H2,1H3,(H2,29,32)(H2,30,35). The lowest BCUT2D eigenvalue weighted by Gasteiger charge is -2.12. The summed E-state index contributed by atoms with van der Waals surface area (Å²) in [6, 6.07) is 19.8. The molecule has 1 amide bonds. The quantitative estimate of drug-likeness (QED) is 0.304. The second-order valence-electron chi connectivity index (χ2n) is 8.75. The zero-order valence-electron chi connectivity index (χ0n) is 20.1. The van der Waals surface area contributed by atoms with E-state index in [4.69, 9.17) is 21.2 Å². The fraction of sp³-hybridized carbons (Fsp3) is 0.214. The van der Waals surface area contributed by atoms with Gasteiger partial charge >= 0.3 is 0 Å². The maximum absolute atomic E-state index is 11.7. The van der Waals surface area contributed by atoms with E-state index < -0.39 is 5.91 Å². The molecule has 0 spiro atoms. The summed E-state index contributed by atoms with van der Waals surface area (Å²) in [6.07, 6.45) is 4.71. The van der Waals surface area contributed by atoms with Crippen LogP contribution in [0.5, 0.6) is 5.75 Å². The lowest BCUT2D eigenvalue weighted by molar-refractivity contribution is 0.0994. The number of carbonyl (C=O) groups is 1. The topological polar surface area (TPSA) is 122 Å². The SMILES string of the molecule is COc1ccc(Cc2nc3c(N)nc4ccccc4c3n2CCCCc2cccnc2C(N)=O)cc1. The van der Waals surface area contributed by atoms with Gasteiger partial charge in [-0.05, 0) is 54.7 Å². The Morgan fingerprint density at radius 1 is 1.00 bits per heavy atom. The van der Waals surface area contributed by atoms with Gasteiger partial charge in [0.1, 0.15) is 22.8 Å². The number of aromatic nitrogens is 4. The zero-order valence-corrected chi connectivity index (χ0v) is 20.1. The molecule has 0 atom stereocenters. The summed E-state index contributed by atoms with van der Waals surface area (Å²) in [4.78, 5) is 25.4. The Balaban J connectivity index is 1.47. The average Bonchev–Trinajstić information content (AvgIpc) is 3.26. The number of nitrogens with two attached hydrogens (primary N) is 2. The normalized spacial score (nSPS) is 11.2. The number of aryl methyl sites for hydroxylation is 2. The monoisotopic (exact) mass is 480 g/mol. The van der Waals surface area contributed by atoms with Crippen molar-refractivity contribution in [1.82, 2.24) is 19.5 Å². The minimum atomic E-state index is -0.498. The maximum atomic E-state index is 11.7. The highest BCUT2D eigenvalue weighted by atomic mass is 16.5. The number of hydrogen-bond acceptors (Lipinski definition) is 6. The van der Waals surface area contributed by atoms with Crippen molar-refractivity contribution in [3.63, 3.8) is 0 Å². The van der Waals surface area contributed by atoms with Crippen molar-refractivity contribution in [2.45, 2.75) is 32.2 Å². The van der Waals surface area contributed by atoms with Crippen LogP contribution in [0.15, 0.2) is 66.9 Å². The highest BCUT2D eigenvalue weighted by Gasteiger charge is 2.18. The van der Waals surface area contributed by atoms with Gasteiger partial charge in [0.2, 0.25) is 0 Å². The van der Waals surface area contributed by atoms with Crippen molar-refractivity contribution in [2.75, 3.05) is 12.8 Å². The van der Waals surface area contributed by atoms with Gasteiger partial charge in [0, 0.05) is 24.5 Å². The summed E-state index contributed by atoms with van der Waals surface area (Å²) < 4.78 is 7.56. The Morgan fingerprint density at radius 3 is 2.58 bits per heavy atom. The number of ether oxygens (including phenoxy) is 1. The number of nitrogens with zero attached hydrogens (tertiary/aromatic N) is 4. The van der Waals surface area contributed by atoms with Crippen LogP contribution in [0, 0.1) is 0 Å². The van der Waals surface area contributed by atoms with Crippen molar-refractivity contribution in [3.8, 4) is 5.75 Å². The predicted octanol–water partition coefficient (Wildman–Crippen LogP) is 4.28. The molecule has 0 saturated heterocycles. The summed E-state index contributed by atoms with van der Waals surface area (Å²) in [5, 5.41) is 1.03. The first kappa shape index (κ1) is 23.3. The number of pyridine rings is 2. The van der Waals surface area contributed by atoms with Crippen LogP contribution in [0.1, 0.15) is 40.3 Å². The molecule has 3 aromatic heterocycles. The molecule has 8 heteroatoms. The number of methoxy groups -OCH3 is 1. The van der Waals surface area contributed by atoms with Crippen molar-refractivity contribution < 1.29 is 9.53 Å². The predicted molar refractivity (Wildman–Crippen MR) is 141 cm³/mol. The summed E-state index contributed by atoms with van der Waals surface area (Å²) in [5.74, 6) is 1.68. The van der Waals surface area contributed by atoms with E-state index in [1.165, 1.54) is 0 Å². The van der Waals surface area contributed by atoms with E-state index in [2.05, 4.69) is 32.7 Å². The van der Waals surface area contributed by atoms with E-state index in [1.807, 2.05) is 42.5 Å². The molecule has 5 rings (SSSR count). The molecular formula is C28H28N6O2. The van der Waals surface area contributed by atoms with Gasteiger partial charge < -0.3 is 20.8 Å². The minimum absolute atomic E-state index is 0.343. The maximum Gasteiger partial charge on any atom is 0.267 e. The second kappa shape index (κ2) is 10.0. The van der Waals surface area contributed by atoms with Crippen LogP contribution >= 0.6 is 0 Å². The van der Waals surface area contributed by atoms with Gasteiger partial charge in [-0.15, -0.1) is 0 Å². The third-order valence-corrected chi connectivity index (χ3v) is 6.41. The number of anilines is 1. The number of para-hydroxylation sites is 1. The van der Waals surface area contributed by atoms with Crippen molar-refractivity contribution in [3.05, 3.63) is 89.5 Å². The Morgan fingerprint density at radius 2 is 1.81 bits per heavy atom. The second-order valence-corrected chi connectivity index (χ2v) is 8.75. The molecule has 0 aliphatic rings. The largest absolute Gasteiger partial charge is 0.497 e. The molecule has 0 fully saturated rings. The molecule has 0 bridgehead atoms. The van der Waals surface area contributed by atoms with Crippen LogP contribution in [0.4, 0.5) is 5.82 Å². The summed E-state index contributed by atoms with van der Waals surface area (Å²) in [7, 11) is 1.66. The first-order valence-corrected chi connectivity index (χ1v) is 11.9. The number of benzene rings is 2. The van der Waals surface area contributed by atoms with Crippen LogP contribution in [0.2, 0.25) is 0 Å². The molecular weight excluding hydrogens is 452 g/mol. The molecule has 0 aliphatic carbocycles. The molecule has 182 valence electrons. The van der Waals surface area contributed by atoms with Gasteiger partial charge in [0.05, 0.1) is 18.1 Å². The number of fused-ring (bicyclic) bond motifs is 3. The van der Waals surface area contributed by atoms with Gasteiger partial charge in [-0.25, -0.2) is 9.97 Å². The third-order valence-electron chi connectivity index (χ3n) is 6.41. The lowest BCUT2D eigenvalue weighted by Crippen LogP contribution is -2.15. The highest BCUT2D eigenvalue weighted by Crippen LogP contribution is 2.30. The van der Waals surface area contributed by atoms with E-state index in [-0.39, 0.29) is 0 Å². The van der Waals surface area contributed by atoms with E-state index >= 15 is 0 Å². The molecule has 36 heavy (non-hydrogen) atoms. The summed E-state index contributed by atoms with van der Waals surface area (Å²) >= 11 is 0. The number of primary amides is 1. The molecule has 2 aromatic carbocycles. The fourth-order valence-electron chi connectivity index (χ4n) is 4.65. The molecule has 3 heterocycles. The first-order chi connectivity index (χ1) is 17.5. The van der Waals surface area contributed by atoms with Crippen LogP contribution in [-0.2, 0) is 19.4 Å². The molecule has 5 aromatic rings. The van der Waals surface area contributed by atoms with Crippen LogP contribution in [0.3, 0.4) is 0 Å². The Hall–Kier alpha value is -4.46. The molecule has 0 unspecified atom stereocenters. The molecule has 8 nitrogen and oxygen atoms in total. The zero-order chi connectivity index (χ0) is 25.1. The van der Waals surface area contributed by atoms with Gasteiger partial charge in [0.25, 0.3) is 5.91 Å². The average molecular weight is 481 g/mol. The van der Waals surface area contributed by atoms with Crippen molar-refractivity contribution in [2.24, 2.45) is 5.73 Å². The lowest BCUT2D eigenvalue weighted by atomic mass is 10.1. The van der Waals surface area contributed by atoms with E-state index in [0.29, 0.717) is 17.9 Å². The van der Waals surface area contributed by atoms with E-state index in [9.17, 15) is 4.79 Å². The smallest absolute Gasteiger partial charge is 0.267 e. The minimum Gasteiger partial charge on any atom is -0.497 e. The highest BCUT2D eigenvalue weighted by molar-refractivity contribution is 6.06. The number of carbonyl (C=O) groups excluding carboxylic acids is 1. The van der Waals surface area contributed by atoms with Crippen molar-refractivity contribution >= 4 is 33.7 Å². The summed E-state index contributed by atoms with van der Waals surface area (Å²) in [5.41, 5.74) is 16.8. The molecule has 4 N–H and O–H groups in total. The van der Waals surface area contributed by atoms with E-state index in [1.54, 1.807) is 13.3 Å². The molecule has 0 saturated carbocycles. The Kier molecular flexibility index (Phi) is 6.49. The Labute approximate surface area is 208 Å². The fourth-order valence-corrected chi connectivity index (χ4v) is 4.65. The summed E-state index contributed by atoms with van der Waals surface area (Å²) in [6.45, 7) is 0.752. The Bertz CT molecular complexity index is 1540. The van der Waals surface area contributed by atoms with E-state index in [0.717, 1.165) is 70.4 Å². The van der Waals surface area contributed by atoms with Gasteiger partial charge in [-0.2, -0.15) is 0 Å². The number of rotatable bonds is 9. The molecule has 0 radical (unpaired) electrons. The van der Waals surface area contributed by atoms with Gasteiger partial charge in [-0.3, -0.25) is 9.78 Å². The van der Waals surface area contributed by atoms with Crippen LogP contribution in [-0.4, -0.2) is 32.5 Å². The molecule has 0 aliphatic heterocycles. The number of unbranched alkanes of at least 4 members (excludes halogenated alkanes) is 1. The number of amides is 1. The third kappa shape index (κ3) is 4.57. The van der Waals surface area contributed by atoms with Crippen molar-refractivity contribution in [1.29, 1.82) is 0 Å². The number of hydrogen-bond donors (Lipinski definition) is 2. The van der Waals surface area contributed by atoms with Gasteiger partial charge in [0.15, 0.2) is 5.82 Å². The van der Waals surface area contributed by atoms with Crippen LogP contribution < -0.4 is 16.2 Å². The first-order valence-electron chi connectivity index (χ1n) is 11.9. The van der Waals surface area contributed by atoms with Crippen LogP contribution in [0.25, 0.3) is 21.9 Å². The number of imidazole rings is 1. The number of nitrogen functional groups attached to an aromatic ring is 1.